The maximum Gasteiger partial charge on any atom is 0.119 e. The van der Waals surface area contributed by atoms with Gasteiger partial charge in [0.25, 0.3) is 0 Å². The van der Waals surface area contributed by atoms with Crippen LogP contribution in [0.2, 0.25) is 0 Å². The standard InChI is InChI=1S/C21H22O3/c1-21(2,22)20-17-7-5-4-6-13(17)11-18-19(20)16-9-8-15(23-3)10-14(16)12-24-18/h4-10,18,22H,11-12H2,1-3H3. The van der Waals surface area contributed by atoms with Crippen LogP contribution in [0.15, 0.2) is 42.5 Å². The van der Waals surface area contributed by atoms with Crippen molar-refractivity contribution in [1.82, 2.24) is 0 Å². The van der Waals surface area contributed by atoms with E-state index < -0.39 is 5.60 Å². The number of ether oxygens (including phenoxy) is 2. The summed E-state index contributed by atoms with van der Waals surface area (Å²) in [6.07, 6.45) is 0.832. The Morgan fingerprint density at radius 1 is 1.08 bits per heavy atom. The van der Waals surface area contributed by atoms with Crippen molar-refractivity contribution in [2.24, 2.45) is 0 Å². The molecule has 2 aromatic carbocycles. The number of aliphatic hydroxyl groups is 1. The first kappa shape index (κ1) is 15.4. The lowest BCUT2D eigenvalue weighted by molar-refractivity contribution is 0.0685. The van der Waals surface area contributed by atoms with E-state index in [0.29, 0.717) is 6.61 Å². The maximum atomic E-state index is 10.9. The van der Waals surface area contributed by atoms with E-state index in [1.165, 1.54) is 11.1 Å². The van der Waals surface area contributed by atoms with Gasteiger partial charge in [0.1, 0.15) is 5.75 Å². The minimum atomic E-state index is -0.942. The van der Waals surface area contributed by atoms with Crippen LogP contribution >= 0.6 is 0 Å². The van der Waals surface area contributed by atoms with Crippen molar-refractivity contribution in [2.75, 3.05) is 7.11 Å². The molecule has 24 heavy (non-hydrogen) atoms. The summed E-state index contributed by atoms with van der Waals surface area (Å²) >= 11 is 0. The van der Waals surface area contributed by atoms with E-state index in [0.717, 1.165) is 34.4 Å². The van der Waals surface area contributed by atoms with Gasteiger partial charge in [0.05, 0.1) is 25.4 Å². The van der Waals surface area contributed by atoms with Crippen LogP contribution in [0.1, 0.15) is 36.1 Å². The van der Waals surface area contributed by atoms with Gasteiger partial charge in [-0.05, 0) is 59.4 Å². The van der Waals surface area contributed by atoms with E-state index in [1.54, 1.807) is 7.11 Å². The largest absolute Gasteiger partial charge is 0.497 e. The maximum absolute atomic E-state index is 10.9. The zero-order valence-corrected chi connectivity index (χ0v) is 14.3. The highest BCUT2D eigenvalue weighted by atomic mass is 16.5. The molecule has 1 heterocycles. The molecule has 0 saturated carbocycles. The quantitative estimate of drug-likeness (QED) is 0.913. The van der Waals surface area contributed by atoms with Crippen LogP contribution in [0.25, 0.3) is 11.1 Å². The van der Waals surface area contributed by atoms with Gasteiger partial charge in [-0.2, -0.15) is 0 Å². The van der Waals surface area contributed by atoms with Crippen LogP contribution in [0, 0.1) is 0 Å². The monoisotopic (exact) mass is 322 g/mol. The van der Waals surface area contributed by atoms with Crippen molar-refractivity contribution < 1.29 is 14.6 Å². The first-order valence-electron chi connectivity index (χ1n) is 8.33. The predicted molar refractivity (Wildman–Crippen MR) is 94.8 cm³/mol. The second kappa shape index (κ2) is 5.47. The lowest BCUT2D eigenvalue weighted by Gasteiger charge is -2.39. The molecule has 2 aromatic rings. The Balaban J connectivity index is 2.01. The molecule has 0 amide bonds. The van der Waals surface area contributed by atoms with E-state index in [4.69, 9.17) is 9.47 Å². The average molecular weight is 322 g/mol. The minimum absolute atomic E-state index is 0.0118. The molecule has 1 atom stereocenters. The van der Waals surface area contributed by atoms with Gasteiger partial charge in [0.2, 0.25) is 0 Å². The third-order valence-corrected chi connectivity index (χ3v) is 4.94. The molecule has 1 unspecified atom stereocenters. The smallest absolute Gasteiger partial charge is 0.119 e. The molecular weight excluding hydrogens is 300 g/mol. The normalized spacial score (nSPS) is 19.4. The van der Waals surface area contributed by atoms with Crippen LogP contribution < -0.4 is 4.74 Å². The molecule has 4 rings (SSSR count). The summed E-state index contributed by atoms with van der Waals surface area (Å²) < 4.78 is 11.5. The number of hydrogen-bond donors (Lipinski definition) is 1. The predicted octanol–water partition coefficient (Wildman–Crippen LogP) is 3.83. The molecular formula is C21H22O3. The number of benzene rings is 2. The molecule has 124 valence electrons. The number of methoxy groups -OCH3 is 1. The third kappa shape index (κ3) is 2.36. The van der Waals surface area contributed by atoms with E-state index in [-0.39, 0.29) is 6.10 Å². The highest BCUT2D eigenvalue weighted by molar-refractivity contribution is 5.99. The van der Waals surface area contributed by atoms with Crippen molar-refractivity contribution in [3.8, 4) is 5.75 Å². The van der Waals surface area contributed by atoms with E-state index in [9.17, 15) is 5.11 Å². The Labute approximate surface area is 142 Å². The molecule has 1 aliphatic heterocycles. The Morgan fingerprint density at radius 3 is 2.62 bits per heavy atom. The summed E-state index contributed by atoms with van der Waals surface area (Å²) in [7, 11) is 1.67. The van der Waals surface area contributed by atoms with E-state index in [2.05, 4.69) is 18.2 Å². The SMILES string of the molecule is COc1ccc2c(c1)COC1Cc3ccccc3C(C(C)(C)O)=C21. The van der Waals surface area contributed by atoms with Crippen molar-refractivity contribution >= 4 is 11.1 Å². The fourth-order valence-corrected chi connectivity index (χ4v) is 3.93. The first-order chi connectivity index (χ1) is 11.5. The molecule has 0 fully saturated rings. The lowest BCUT2D eigenvalue weighted by Crippen LogP contribution is -2.34. The molecule has 1 aliphatic carbocycles. The van der Waals surface area contributed by atoms with E-state index >= 15 is 0 Å². The lowest BCUT2D eigenvalue weighted by atomic mass is 9.73. The topological polar surface area (TPSA) is 38.7 Å². The molecule has 2 aliphatic rings. The first-order valence-corrected chi connectivity index (χ1v) is 8.33. The van der Waals surface area contributed by atoms with Crippen LogP contribution in [-0.4, -0.2) is 23.9 Å². The number of fused-ring (bicyclic) bond motifs is 4. The molecule has 0 bridgehead atoms. The van der Waals surface area contributed by atoms with Crippen LogP contribution in [-0.2, 0) is 17.8 Å². The van der Waals surface area contributed by atoms with Gasteiger partial charge in [0.15, 0.2) is 0 Å². The van der Waals surface area contributed by atoms with Gasteiger partial charge >= 0.3 is 0 Å². The minimum Gasteiger partial charge on any atom is -0.497 e. The van der Waals surface area contributed by atoms with E-state index in [1.807, 2.05) is 38.1 Å². The molecule has 3 nitrogen and oxygen atoms in total. The number of rotatable bonds is 2. The summed E-state index contributed by atoms with van der Waals surface area (Å²) in [5.74, 6) is 0.831. The second-order valence-corrected chi connectivity index (χ2v) is 7.03. The van der Waals surface area contributed by atoms with Crippen molar-refractivity contribution in [2.45, 2.75) is 38.6 Å². The van der Waals surface area contributed by atoms with Crippen molar-refractivity contribution in [3.63, 3.8) is 0 Å². The summed E-state index contributed by atoms with van der Waals surface area (Å²) in [6.45, 7) is 4.28. The van der Waals surface area contributed by atoms with Gasteiger partial charge in [0, 0.05) is 6.42 Å². The average Bonchev–Trinajstić information content (AvgIpc) is 2.58. The molecule has 1 N–H and O–H groups in total. The fraction of sp³-hybridized carbons (Fsp3) is 0.333. The molecule has 0 radical (unpaired) electrons. The van der Waals surface area contributed by atoms with Crippen molar-refractivity contribution in [1.29, 1.82) is 0 Å². The van der Waals surface area contributed by atoms with Gasteiger partial charge in [-0.3, -0.25) is 0 Å². The van der Waals surface area contributed by atoms with Crippen molar-refractivity contribution in [3.05, 3.63) is 64.7 Å². The summed E-state index contributed by atoms with van der Waals surface area (Å²) in [6, 6.07) is 14.4. The van der Waals surface area contributed by atoms with Gasteiger partial charge in [-0.15, -0.1) is 0 Å². The molecule has 0 spiro atoms. The highest BCUT2D eigenvalue weighted by Crippen LogP contribution is 2.46. The van der Waals surface area contributed by atoms with Gasteiger partial charge in [-0.25, -0.2) is 0 Å². The third-order valence-electron chi connectivity index (χ3n) is 4.94. The number of hydrogen-bond acceptors (Lipinski definition) is 3. The summed E-state index contributed by atoms with van der Waals surface area (Å²) in [4.78, 5) is 0. The second-order valence-electron chi connectivity index (χ2n) is 7.03. The summed E-state index contributed by atoms with van der Waals surface area (Å²) in [5.41, 5.74) is 5.79. The van der Waals surface area contributed by atoms with Crippen LogP contribution in [0.3, 0.4) is 0 Å². The zero-order chi connectivity index (χ0) is 16.9. The summed E-state index contributed by atoms with van der Waals surface area (Å²) in [5, 5.41) is 10.9. The Hall–Kier alpha value is -2.10. The van der Waals surface area contributed by atoms with Gasteiger partial charge < -0.3 is 14.6 Å². The Kier molecular flexibility index (Phi) is 3.52. The van der Waals surface area contributed by atoms with Crippen LogP contribution in [0.4, 0.5) is 0 Å². The molecule has 0 saturated heterocycles. The van der Waals surface area contributed by atoms with Gasteiger partial charge in [-0.1, -0.05) is 30.3 Å². The fourth-order valence-electron chi connectivity index (χ4n) is 3.93. The Morgan fingerprint density at radius 2 is 1.88 bits per heavy atom. The zero-order valence-electron chi connectivity index (χ0n) is 14.3. The molecule has 0 aromatic heterocycles. The Bertz CT molecular complexity index is 827. The highest BCUT2D eigenvalue weighted by Gasteiger charge is 2.38. The van der Waals surface area contributed by atoms with Crippen LogP contribution in [0.5, 0.6) is 5.75 Å². The molecule has 3 heteroatoms.